The molecule has 2 heterocycles. The molecule has 1 aliphatic rings. The van der Waals surface area contributed by atoms with Crippen LogP contribution in [0.3, 0.4) is 0 Å². The van der Waals surface area contributed by atoms with Gasteiger partial charge in [-0.05, 0) is 0 Å². The molecule has 1 aromatic rings. The summed E-state index contributed by atoms with van der Waals surface area (Å²) in [4.78, 5) is 0. The zero-order chi connectivity index (χ0) is 18.8. The van der Waals surface area contributed by atoms with Crippen molar-refractivity contribution in [3.05, 3.63) is 10.8 Å². The summed E-state index contributed by atoms with van der Waals surface area (Å²) < 4.78 is 121. The Morgan fingerprint density at radius 2 is 1.17 bits per heavy atom. The first-order valence-corrected chi connectivity index (χ1v) is 9.09. The van der Waals surface area contributed by atoms with E-state index in [1.54, 1.807) is 11.3 Å². The first-order valence-electron chi connectivity index (χ1n) is 5.33. The second kappa shape index (κ2) is 6.93. The first-order chi connectivity index (χ1) is 10.7. The van der Waals surface area contributed by atoms with E-state index in [2.05, 4.69) is 0 Å². The Balaban J connectivity index is 0.000000267. The van der Waals surface area contributed by atoms with Crippen LogP contribution in [-0.2, 0) is 23.9 Å². The van der Waals surface area contributed by atoms with E-state index in [1.807, 2.05) is 14.4 Å². The van der Waals surface area contributed by atoms with Crippen molar-refractivity contribution in [3.8, 4) is 11.5 Å². The Bertz CT molecular complexity index is 698. The van der Waals surface area contributed by atoms with Gasteiger partial charge in [-0.2, -0.15) is 43.2 Å². The molecular formula is C8H6F6O7S3. The SMILES string of the molecule is O=S(=O)(OS(=O)(=O)C(F)(F)F)C(F)(F)F.c1scc2c1OCCO2. The van der Waals surface area contributed by atoms with Crippen LogP contribution >= 0.6 is 11.3 Å². The molecule has 1 aliphatic heterocycles. The van der Waals surface area contributed by atoms with Crippen LogP contribution in [0, 0.1) is 0 Å². The van der Waals surface area contributed by atoms with Gasteiger partial charge in [-0.1, -0.05) is 0 Å². The van der Waals surface area contributed by atoms with Crippen LogP contribution in [0.25, 0.3) is 0 Å². The molecule has 0 unspecified atom stereocenters. The molecule has 16 heteroatoms. The summed E-state index contributed by atoms with van der Waals surface area (Å²) in [6.07, 6.45) is 0. The Labute approximate surface area is 135 Å². The molecule has 7 nitrogen and oxygen atoms in total. The third-order valence-electron chi connectivity index (χ3n) is 1.94. The summed E-state index contributed by atoms with van der Waals surface area (Å²) in [6, 6.07) is 0. The molecule has 24 heavy (non-hydrogen) atoms. The lowest BCUT2D eigenvalue weighted by molar-refractivity contribution is -0.0585. The Morgan fingerprint density at radius 3 is 1.46 bits per heavy atom. The molecule has 0 bridgehead atoms. The number of hydrogen-bond acceptors (Lipinski definition) is 8. The zero-order valence-electron chi connectivity index (χ0n) is 10.9. The van der Waals surface area contributed by atoms with Gasteiger partial charge < -0.3 is 9.47 Å². The molecule has 0 aliphatic carbocycles. The molecule has 0 amide bonds. The van der Waals surface area contributed by atoms with Crippen LogP contribution < -0.4 is 9.47 Å². The number of hydrogen-bond donors (Lipinski definition) is 0. The lowest BCUT2D eigenvalue weighted by Gasteiger charge is -2.13. The largest absolute Gasteiger partial charge is 0.524 e. The number of halogens is 6. The highest BCUT2D eigenvalue weighted by Gasteiger charge is 2.57. The van der Waals surface area contributed by atoms with Crippen molar-refractivity contribution in [2.75, 3.05) is 13.2 Å². The molecule has 1 aromatic heterocycles. The zero-order valence-corrected chi connectivity index (χ0v) is 13.4. The molecule has 140 valence electrons. The van der Waals surface area contributed by atoms with Crippen molar-refractivity contribution in [2.45, 2.75) is 11.0 Å². The number of ether oxygens (including phenoxy) is 2. The number of alkyl halides is 6. The minimum atomic E-state index is -6.85. The molecule has 0 aromatic carbocycles. The summed E-state index contributed by atoms with van der Waals surface area (Å²) in [6.45, 7) is 1.37. The van der Waals surface area contributed by atoms with E-state index in [0.717, 1.165) is 11.5 Å². The smallest absolute Gasteiger partial charge is 0.485 e. The molecular weight excluding hydrogens is 418 g/mol. The van der Waals surface area contributed by atoms with Crippen molar-refractivity contribution in [1.82, 2.24) is 0 Å². The van der Waals surface area contributed by atoms with Gasteiger partial charge in [0.05, 0.1) is 0 Å². The van der Waals surface area contributed by atoms with Crippen LogP contribution in [0.5, 0.6) is 11.5 Å². The second-order valence-electron chi connectivity index (χ2n) is 3.66. The van der Waals surface area contributed by atoms with Crippen LogP contribution in [0.1, 0.15) is 0 Å². The molecule has 0 N–H and O–H groups in total. The van der Waals surface area contributed by atoms with E-state index in [4.69, 9.17) is 9.47 Å². The van der Waals surface area contributed by atoms with Gasteiger partial charge in [0.1, 0.15) is 13.2 Å². The summed E-state index contributed by atoms with van der Waals surface area (Å²) >= 11 is 1.61. The lowest BCUT2D eigenvalue weighted by atomic mass is 10.5. The maximum atomic E-state index is 11.4. The minimum Gasteiger partial charge on any atom is -0.485 e. The fourth-order valence-corrected chi connectivity index (χ4v) is 3.23. The van der Waals surface area contributed by atoms with Gasteiger partial charge >= 0.3 is 31.3 Å². The van der Waals surface area contributed by atoms with Gasteiger partial charge in [0.25, 0.3) is 0 Å². The van der Waals surface area contributed by atoms with Gasteiger partial charge in [-0.15, -0.1) is 15.0 Å². The third-order valence-corrected chi connectivity index (χ3v) is 5.21. The predicted molar refractivity (Wildman–Crippen MR) is 66.3 cm³/mol. The van der Waals surface area contributed by atoms with E-state index in [1.165, 1.54) is 0 Å². The summed E-state index contributed by atoms with van der Waals surface area (Å²) in [5.41, 5.74) is -12.5. The van der Waals surface area contributed by atoms with Crippen molar-refractivity contribution >= 4 is 31.6 Å². The van der Waals surface area contributed by atoms with Crippen LogP contribution in [-0.4, -0.2) is 41.1 Å². The van der Waals surface area contributed by atoms with Crippen LogP contribution in [0.15, 0.2) is 10.8 Å². The van der Waals surface area contributed by atoms with Gasteiger partial charge in [0.2, 0.25) is 0 Å². The fraction of sp³-hybridized carbons (Fsp3) is 0.500. The van der Waals surface area contributed by atoms with Gasteiger partial charge in [0.15, 0.2) is 11.5 Å². The van der Waals surface area contributed by atoms with Gasteiger partial charge in [0, 0.05) is 10.8 Å². The van der Waals surface area contributed by atoms with Gasteiger partial charge in [-0.25, -0.2) is 0 Å². The molecule has 0 saturated heterocycles. The van der Waals surface area contributed by atoms with Crippen LogP contribution in [0.2, 0.25) is 0 Å². The monoisotopic (exact) mass is 424 g/mol. The number of fused-ring (bicyclic) bond motifs is 1. The minimum absolute atomic E-state index is 0.684. The summed E-state index contributed by atoms with van der Waals surface area (Å²) in [5.74, 6) is 1.79. The van der Waals surface area contributed by atoms with E-state index in [9.17, 15) is 43.2 Å². The molecule has 0 saturated carbocycles. The van der Waals surface area contributed by atoms with Crippen molar-refractivity contribution < 1.29 is 56.3 Å². The van der Waals surface area contributed by atoms with Crippen molar-refractivity contribution in [3.63, 3.8) is 0 Å². The molecule has 0 radical (unpaired) electrons. The maximum Gasteiger partial charge on any atom is 0.524 e. The third kappa shape index (κ3) is 5.12. The Kier molecular flexibility index (Phi) is 6.00. The van der Waals surface area contributed by atoms with E-state index >= 15 is 0 Å². The van der Waals surface area contributed by atoms with Crippen molar-refractivity contribution in [1.29, 1.82) is 0 Å². The Morgan fingerprint density at radius 1 is 0.833 bits per heavy atom. The van der Waals surface area contributed by atoms with E-state index < -0.39 is 31.3 Å². The average Bonchev–Trinajstić information content (AvgIpc) is 2.83. The number of rotatable bonds is 2. The van der Waals surface area contributed by atoms with E-state index in [0.29, 0.717) is 13.2 Å². The lowest BCUT2D eigenvalue weighted by Crippen LogP contribution is -2.34. The predicted octanol–water partition coefficient (Wildman–Crippen LogP) is 2.22. The highest BCUT2D eigenvalue weighted by atomic mass is 32.3. The highest BCUT2D eigenvalue weighted by Crippen LogP contribution is 2.33. The maximum absolute atomic E-state index is 11.4. The van der Waals surface area contributed by atoms with Crippen LogP contribution in [0.4, 0.5) is 26.3 Å². The summed E-state index contributed by atoms with van der Waals surface area (Å²) in [7, 11) is -13.7. The van der Waals surface area contributed by atoms with Crippen molar-refractivity contribution in [2.24, 2.45) is 0 Å². The number of thiophene rings is 1. The molecule has 0 spiro atoms. The topological polar surface area (TPSA) is 96.0 Å². The van der Waals surface area contributed by atoms with E-state index in [-0.39, 0.29) is 0 Å². The normalized spacial score (nSPS) is 15.4. The molecule has 2 rings (SSSR count). The Hall–Kier alpha value is -1.26. The highest BCUT2D eigenvalue weighted by molar-refractivity contribution is 8.00. The molecule has 0 atom stereocenters. The van der Waals surface area contributed by atoms with Gasteiger partial charge in [-0.3, -0.25) is 0 Å². The first kappa shape index (κ1) is 20.8. The average molecular weight is 424 g/mol. The second-order valence-corrected chi connectivity index (χ2v) is 7.70. The molecule has 0 fully saturated rings. The summed E-state index contributed by atoms with van der Waals surface area (Å²) in [5, 5.41) is 3.91. The quantitative estimate of drug-likeness (QED) is 0.531. The standard InChI is InChI=1S/C6H6O2S.C2F6O5S2/c1-2-8-6-4-9-3-5(6)7-1;3-1(4,5)14(9,10)13-15(11,12)2(6,7)8/h3-4H,1-2H2;. The fourth-order valence-electron chi connectivity index (χ4n) is 0.982.